The Bertz CT molecular complexity index is 537. The molecule has 0 aliphatic carbocycles. The van der Waals surface area contributed by atoms with Crippen molar-refractivity contribution in [2.45, 2.75) is 25.8 Å². The molecule has 0 saturated carbocycles. The van der Waals surface area contributed by atoms with Crippen LogP contribution in [-0.2, 0) is 0 Å². The molecule has 1 amide bonds. The number of carbonyl (C=O) groups excluding carboxylic acids is 1. The molecule has 1 aromatic rings. The number of halogens is 1. The fourth-order valence-corrected chi connectivity index (χ4v) is 1.86. The predicted octanol–water partition coefficient (Wildman–Crippen LogP) is 2.78. The van der Waals surface area contributed by atoms with Gasteiger partial charge in [-0.3, -0.25) is 14.9 Å². The van der Waals surface area contributed by atoms with Gasteiger partial charge in [0.15, 0.2) is 0 Å². The van der Waals surface area contributed by atoms with Crippen LogP contribution in [0, 0.1) is 22.5 Å². The molecule has 1 rings (SSSR count). The Morgan fingerprint density at radius 2 is 2.32 bits per heavy atom. The summed E-state index contributed by atoms with van der Waals surface area (Å²) in [6.45, 7) is 1.93. The second-order valence-electron chi connectivity index (χ2n) is 3.87. The monoisotopic (exact) mass is 280 g/mol. The standard InChI is InChI=1S/C13H13ClN2O3/c1-3-6-9(4-2)15-13(17)12-10(14)7-5-8-11(12)16(18)19/h2,5,7-9H,3,6H2,1H3,(H,15,17). The minimum Gasteiger partial charge on any atom is -0.338 e. The first kappa shape index (κ1) is 15.0. The number of hydrogen-bond acceptors (Lipinski definition) is 3. The third-order valence-corrected chi connectivity index (χ3v) is 2.81. The van der Waals surface area contributed by atoms with Crippen LogP contribution >= 0.6 is 11.6 Å². The Labute approximate surface area is 116 Å². The Balaban J connectivity index is 3.06. The highest BCUT2D eigenvalue weighted by molar-refractivity contribution is 6.34. The van der Waals surface area contributed by atoms with Crippen molar-refractivity contribution >= 4 is 23.2 Å². The zero-order valence-corrected chi connectivity index (χ0v) is 11.1. The first-order valence-corrected chi connectivity index (χ1v) is 6.09. The molecule has 1 atom stereocenters. The van der Waals surface area contributed by atoms with Crippen LogP contribution in [0.4, 0.5) is 5.69 Å². The smallest absolute Gasteiger partial charge is 0.283 e. The molecule has 1 aromatic carbocycles. The van der Waals surface area contributed by atoms with Crippen molar-refractivity contribution in [3.05, 3.63) is 38.9 Å². The first-order chi connectivity index (χ1) is 9.01. The van der Waals surface area contributed by atoms with E-state index in [0.29, 0.717) is 6.42 Å². The van der Waals surface area contributed by atoms with Crippen molar-refractivity contribution in [2.75, 3.05) is 0 Å². The molecule has 0 saturated heterocycles. The minimum absolute atomic E-state index is 0.0268. The number of rotatable bonds is 5. The zero-order valence-electron chi connectivity index (χ0n) is 10.4. The van der Waals surface area contributed by atoms with Crippen molar-refractivity contribution in [3.63, 3.8) is 0 Å². The van der Waals surface area contributed by atoms with E-state index in [4.69, 9.17) is 18.0 Å². The maximum atomic E-state index is 12.0. The molecule has 0 aliphatic heterocycles. The average molecular weight is 281 g/mol. The van der Waals surface area contributed by atoms with Crippen molar-refractivity contribution in [1.29, 1.82) is 0 Å². The quantitative estimate of drug-likeness (QED) is 0.512. The van der Waals surface area contributed by atoms with Crippen LogP contribution in [0.25, 0.3) is 0 Å². The molecule has 0 radical (unpaired) electrons. The highest BCUT2D eigenvalue weighted by atomic mass is 35.5. The van der Waals surface area contributed by atoms with Gasteiger partial charge in [-0.1, -0.05) is 36.9 Å². The maximum Gasteiger partial charge on any atom is 0.283 e. The lowest BCUT2D eigenvalue weighted by atomic mass is 10.1. The molecule has 0 aliphatic rings. The lowest BCUT2D eigenvalue weighted by Gasteiger charge is -2.12. The number of benzene rings is 1. The van der Waals surface area contributed by atoms with E-state index in [1.54, 1.807) is 0 Å². The van der Waals surface area contributed by atoms with Gasteiger partial charge in [-0.05, 0) is 12.5 Å². The summed E-state index contributed by atoms with van der Waals surface area (Å²) in [4.78, 5) is 22.3. The van der Waals surface area contributed by atoms with Crippen LogP contribution in [0.1, 0.15) is 30.1 Å². The van der Waals surface area contributed by atoms with E-state index in [1.807, 2.05) is 6.92 Å². The van der Waals surface area contributed by atoms with Crippen molar-refractivity contribution in [3.8, 4) is 12.3 Å². The summed E-state index contributed by atoms with van der Waals surface area (Å²) in [5, 5.41) is 13.5. The molecule has 0 heterocycles. The summed E-state index contributed by atoms with van der Waals surface area (Å²) in [6, 6.07) is 3.61. The largest absolute Gasteiger partial charge is 0.338 e. The van der Waals surface area contributed by atoms with E-state index in [9.17, 15) is 14.9 Å². The van der Waals surface area contributed by atoms with E-state index in [2.05, 4.69) is 11.2 Å². The molecule has 0 spiro atoms. The van der Waals surface area contributed by atoms with Gasteiger partial charge in [0.25, 0.3) is 11.6 Å². The minimum atomic E-state index is -0.647. The van der Waals surface area contributed by atoms with E-state index in [0.717, 1.165) is 6.42 Å². The summed E-state index contributed by atoms with van der Waals surface area (Å²) in [6.07, 6.45) is 6.68. The van der Waals surface area contributed by atoms with Gasteiger partial charge in [-0.25, -0.2) is 0 Å². The van der Waals surface area contributed by atoms with Crippen LogP contribution in [0.3, 0.4) is 0 Å². The summed E-state index contributed by atoms with van der Waals surface area (Å²) in [7, 11) is 0. The third kappa shape index (κ3) is 3.70. The molecular formula is C13H13ClN2O3. The van der Waals surface area contributed by atoms with Gasteiger partial charge in [0, 0.05) is 6.07 Å². The second kappa shape index (κ2) is 6.76. The number of nitro groups is 1. The van der Waals surface area contributed by atoms with Gasteiger partial charge in [0.05, 0.1) is 16.0 Å². The van der Waals surface area contributed by atoms with Crippen molar-refractivity contribution in [1.82, 2.24) is 5.32 Å². The Kier molecular flexibility index (Phi) is 5.34. The molecule has 19 heavy (non-hydrogen) atoms. The van der Waals surface area contributed by atoms with E-state index in [-0.39, 0.29) is 16.3 Å². The third-order valence-electron chi connectivity index (χ3n) is 2.50. The number of amides is 1. The fraction of sp³-hybridized carbons (Fsp3) is 0.308. The molecule has 6 heteroatoms. The van der Waals surface area contributed by atoms with Crippen LogP contribution in [0.5, 0.6) is 0 Å². The number of hydrogen-bond donors (Lipinski definition) is 1. The van der Waals surface area contributed by atoms with E-state index >= 15 is 0 Å². The van der Waals surface area contributed by atoms with E-state index in [1.165, 1.54) is 18.2 Å². The summed E-state index contributed by atoms with van der Waals surface area (Å²) in [5.74, 6) is 1.80. The normalized spacial score (nSPS) is 11.4. The van der Waals surface area contributed by atoms with Gasteiger partial charge in [0.1, 0.15) is 5.56 Å². The van der Waals surface area contributed by atoms with Crippen LogP contribution in [0.15, 0.2) is 18.2 Å². The highest BCUT2D eigenvalue weighted by Gasteiger charge is 2.24. The van der Waals surface area contributed by atoms with Crippen LogP contribution in [-0.4, -0.2) is 16.9 Å². The van der Waals surface area contributed by atoms with Crippen LogP contribution in [0.2, 0.25) is 5.02 Å². The van der Waals surface area contributed by atoms with Gasteiger partial charge in [-0.15, -0.1) is 6.42 Å². The van der Waals surface area contributed by atoms with Crippen molar-refractivity contribution in [2.24, 2.45) is 0 Å². The number of nitrogens with zero attached hydrogens (tertiary/aromatic N) is 1. The lowest BCUT2D eigenvalue weighted by molar-refractivity contribution is -0.385. The average Bonchev–Trinajstić information content (AvgIpc) is 2.37. The lowest BCUT2D eigenvalue weighted by Crippen LogP contribution is -2.34. The summed E-state index contributed by atoms with van der Waals surface area (Å²) >= 11 is 5.86. The molecule has 0 aromatic heterocycles. The molecule has 0 bridgehead atoms. The molecule has 5 nitrogen and oxygen atoms in total. The second-order valence-corrected chi connectivity index (χ2v) is 4.28. The SMILES string of the molecule is C#CC(CCC)NC(=O)c1c(Cl)cccc1[N+](=O)[O-]. The topological polar surface area (TPSA) is 72.2 Å². The van der Waals surface area contributed by atoms with Gasteiger partial charge in [0.2, 0.25) is 0 Å². The van der Waals surface area contributed by atoms with Gasteiger partial charge >= 0.3 is 0 Å². The molecule has 1 unspecified atom stereocenters. The van der Waals surface area contributed by atoms with E-state index < -0.39 is 16.9 Å². The number of nitrogens with one attached hydrogen (secondary N) is 1. The van der Waals surface area contributed by atoms with Gasteiger partial charge < -0.3 is 5.32 Å². The summed E-state index contributed by atoms with van der Waals surface area (Å²) in [5.41, 5.74) is -0.497. The van der Waals surface area contributed by atoms with Crippen LogP contribution < -0.4 is 5.32 Å². The number of carbonyl (C=O) groups is 1. The Morgan fingerprint density at radius 3 is 2.84 bits per heavy atom. The molecule has 100 valence electrons. The molecular weight excluding hydrogens is 268 g/mol. The zero-order chi connectivity index (χ0) is 14.4. The molecule has 1 N–H and O–H groups in total. The van der Waals surface area contributed by atoms with Crippen molar-refractivity contribution < 1.29 is 9.72 Å². The fourth-order valence-electron chi connectivity index (χ4n) is 1.61. The predicted molar refractivity (Wildman–Crippen MR) is 73.1 cm³/mol. The Morgan fingerprint density at radius 1 is 1.63 bits per heavy atom. The van der Waals surface area contributed by atoms with Gasteiger partial charge in [-0.2, -0.15) is 0 Å². The highest BCUT2D eigenvalue weighted by Crippen LogP contribution is 2.26. The maximum absolute atomic E-state index is 12.0. The number of terminal acetylenes is 1. The summed E-state index contributed by atoms with van der Waals surface area (Å²) < 4.78 is 0. The molecule has 0 fully saturated rings. The Hall–Kier alpha value is -2.06. The number of nitro benzene ring substituents is 1. The first-order valence-electron chi connectivity index (χ1n) is 5.71.